The number of nitrogens with one attached hydrogen (secondary N) is 2. The fourth-order valence-electron chi connectivity index (χ4n) is 2.31. The normalized spacial score (nSPS) is 11.0. The zero-order chi connectivity index (χ0) is 19.2. The number of thioether (sulfide) groups is 1. The van der Waals surface area contributed by atoms with Crippen molar-refractivity contribution in [2.75, 3.05) is 5.75 Å². The van der Waals surface area contributed by atoms with E-state index in [-0.39, 0.29) is 17.4 Å². The van der Waals surface area contributed by atoms with Crippen LogP contribution in [0, 0.1) is 0 Å². The van der Waals surface area contributed by atoms with Gasteiger partial charge in [0, 0.05) is 5.02 Å². The van der Waals surface area contributed by atoms with Crippen LogP contribution in [0.4, 0.5) is 0 Å². The highest BCUT2D eigenvalue weighted by atomic mass is 35.5. The van der Waals surface area contributed by atoms with Crippen LogP contribution >= 0.6 is 23.4 Å². The van der Waals surface area contributed by atoms with Crippen molar-refractivity contribution in [1.82, 2.24) is 15.6 Å². The zero-order valence-electron chi connectivity index (χ0n) is 14.3. The third-order valence-electron chi connectivity index (χ3n) is 3.57. The number of rotatable bonds is 6. The van der Waals surface area contributed by atoms with Gasteiger partial charge in [-0.3, -0.25) is 4.79 Å². The molecule has 9 heteroatoms. The quantitative estimate of drug-likeness (QED) is 0.285. The van der Waals surface area contributed by atoms with E-state index in [9.17, 15) is 9.90 Å². The second-order valence-corrected chi connectivity index (χ2v) is 6.96. The average Bonchev–Trinajstić information content (AvgIpc) is 3.01. The molecule has 0 spiro atoms. The van der Waals surface area contributed by atoms with Crippen LogP contribution < -0.4 is 15.1 Å². The van der Waals surface area contributed by atoms with Gasteiger partial charge in [-0.1, -0.05) is 41.9 Å². The average molecular weight is 402 g/mol. The van der Waals surface area contributed by atoms with Crippen LogP contribution in [0.1, 0.15) is 5.56 Å². The number of hydrazone groups is 1. The number of hydrogen-bond donors (Lipinski definition) is 2. The van der Waals surface area contributed by atoms with Crippen molar-refractivity contribution in [2.45, 2.75) is 5.16 Å². The SMILES string of the molecule is C[n+]1c(SCC(=O)N/N=C/c2cccc([O-])c2)n[nH]c1-c1cccc(Cl)c1. The van der Waals surface area contributed by atoms with Crippen molar-refractivity contribution in [1.29, 1.82) is 0 Å². The van der Waals surface area contributed by atoms with Crippen molar-refractivity contribution in [3.05, 3.63) is 59.1 Å². The predicted molar refractivity (Wildman–Crippen MR) is 103 cm³/mol. The molecule has 7 nitrogen and oxygen atoms in total. The molecule has 3 aromatic rings. The minimum absolute atomic E-state index is 0.109. The monoisotopic (exact) mass is 401 g/mol. The first kappa shape index (κ1) is 18.9. The summed E-state index contributed by atoms with van der Waals surface area (Å²) in [5, 5.41) is 23.6. The Morgan fingerprint density at radius 2 is 2.19 bits per heavy atom. The summed E-state index contributed by atoms with van der Waals surface area (Å²) in [6.07, 6.45) is 1.43. The Hall–Kier alpha value is -2.84. The van der Waals surface area contributed by atoms with Crippen LogP contribution in [0.25, 0.3) is 11.4 Å². The summed E-state index contributed by atoms with van der Waals surface area (Å²) in [4.78, 5) is 11.9. The first-order valence-corrected chi connectivity index (χ1v) is 9.31. The number of amides is 1. The molecule has 0 aliphatic carbocycles. The Labute approximate surface area is 165 Å². The fourth-order valence-corrected chi connectivity index (χ4v) is 3.22. The molecule has 3 rings (SSSR count). The molecule has 0 aliphatic rings. The molecule has 0 atom stereocenters. The van der Waals surface area contributed by atoms with E-state index in [4.69, 9.17) is 11.6 Å². The molecule has 2 N–H and O–H groups in total. The molecule has 138 valence electrons. The van der Waals surface area contributed by atoms with Gasteiger partial charge in [0.1, 0.15) is 0 Å². The Morgan fingerprint density at radius 3 is 2.96 bits per heavy atom. The molecule has 1 aromatic heterocycles. The van der Waals surface area contributed by atoms with E-state index >= 15 is 0 Å². The summed E-state index contributed by atoms with van der Waals surface area (Å²) in [6.45, 7) is 0. The summed E-state index contributed by atoms with van der Waals surface area (Å²) in [5.41, 5.74) is 3.96. The minimum Gasteiger partial charge on any atom is -0.872 e. The number of hydrogen-bond acceptors (Lipinski definition) is 5. The first-order valence-electron chi connectivity index (χ1n) is 7.95. The molecular weight excluding hydrogens is 386 g/mol. The van der Waals surface area contributed by atoms with Gasteiger partial charge in [-0.15, -0.1) is 10.8 Å². The standard InChI is InChI=1S/C18H16ClN5O2S/c1-24-17(13-5-3-6-14(19)9-13)22-23-18(24)27-11-16(26)21-20-10-12-4-2-7-15(25)8-12/h2-10H,11H2,1H3,(H2,21,25,26)/b20-10+. The van der Waals surface area contributed by atoms with Crippen LogP contribution in [0.2, 0.25) is 5.02 Å². The molecule has 2 aromatic carbocycles. The summed E-state index contributed by atoms with van der Waals surface area (Å²) < 4.78 is 1.85. The fraction of sp³-hybridized carbons (Fsp3) is 0.111. The van der Waals surface area contributed by atoms with Crippen molar-refractivity contribution < 1.29 is 14.5 Å². The Bertz CT molecular complexity index is 989. The lowest BCUT2D eigenvalue weighted by Gasteiger charge is -2.03. The second-order valence-electron chi connectivity index (χ2n) is 5.58. The Morgan fingerprint density at radius 1 is 1.37 bits per heavy atom. The highest BCUT2D eigenvalue weighted by Gasteiger charge is 2.20. The van der Waals surface area contributed by atoms with E-state index in [1.807, 2.05) is 29.8 Å². The number of benzene rings is 2. The van der Waals surface area contributed by atoms with Crippen LogP contribution in [-0.2, 0) is 11.8 Å². The van der Waals surface area contributed by atoms with Gasteiger partial charge in [0.2, 0.25) is 0 Å². The summed E-state index contributed by atoms with van der Waals surface area (Å²) >= 11 is 7.30. The van der Waals surface area contributed by atoms with E-state index in [1.54, 1.807) is 18.2 Å². The molecule has 0 unspecified atom stereocenters. The van der Waals surface area contributed by atoms with E-state index in [0.717, 1.165) is 11.4 Å². The maximum atomic E-state index is 11.9. The third kappa shape index (κ3) is 5.08. The predicted octanol–water partition coefficient (Wildman–Crippen LogP) is 1.87. The molecular formula is C18H16ClN5O2S. The Kier molecular flexibility index (Phi) is 6.10. The maximum absolute atomic E-state index is 11.9. The topological polar surface area (TPSA) is 97.1 Å². The number of carbonyl (C=O) groups excluding carboxylic acids is 1. The van der Waals surface area contributed by atoms with Gasteiger partial charge < -0.3 is 5.11 Å². The van der Waals surface area contributed by atoms with Gasteiger partial charge in [-0.2, -0.15) is 5.10 Å². The van der Waals surface area contributed by atoms with E-state index in [1.165, 1.54) is 30.1 Å². The molecule has 0 radical (unpaired) electrons. The molecule has 1 amide bonds. The smallest absolute Gasteiger partial charge is 0.337 e. The molecule has 0 bridgehead atoms. The van der Waals surface area contributed by atoms with Crippen molar-refractivity contribution >= 4 is 35.5 Å². The Balaban J connectivity index is 1.56. The highest BCUT2D eigenvalue weighted by Crippen LogP contribution is 2.20. The van der Waals surface area contributed by atoms with Gasteiger partial charge >= 0.3 is 5.16 Å². The molecule has 0 saturated heterocycles. The number of H-pyrrole nitrogens is 1. The van der Waals surface area contributed by atoms with E-state index in [2.05, 4.69) is 20.7 Å². The first-order chi connectivity index (χ1) is 13.0. The summed E-state index contributed by atoms with van der Waals surface area (Å²) in [7, 11) is 1.86. The van der Waals surface area contributed by atoms with Gasteiger partial charge in [-0.25, -0.2) is 9.99 Å². The van der Waals surface area contributed by atoms with Gasteiger partial charge in [0.25, 0.3) is 11.7 Å². The second kappa shape index (κ2) is 8.70. The summed E-state index contributed by atoms with van der Waals surface area (Å²) in [5.74, 6) is 0.548. The minimum atomic E-state index is -0.276. The number of aromatic nitrogens is 3. The zero-order valence-corrected chi connectivity index (χ0v) is 15.9. The number of aromatic amines is 1. The highest BCUT2D eigenvalue weighted by molar-refractivity contribution is 7.99. The van der Waals surface area contributed by atoms with Crippen molar-refractivity contribution in [2.24, 2.45) is 12.1 Å². The summed E-state index contributed by atoms with van der Waals surface area (Å²) in [6, 6.07) is 13.7. The van der Waals surface area contributed by atoms with E-state index < -0.39 is 0 Å². The van der Waals surface area contributed by atoms with E-state index in [0.29, 0.717) is 15.7 Å². The lowest BCUT2D eigenvalue weighted by atomic mass is 10.2. The van der Waals surface area contributed by atoms with Crippen molar-refractivity contribution in [3.8, 4) is 17.1 Å². The maximum Gasteiger partial charge on any atom is 0.337 e. The molecule has 27 heavy (non-hydrogen) atoms. The number of carbonyl (C=O) groups is 1. The molecule has 0 fully saturated rings. The van der Waals surface area contributed by atoms with Crippen LogP contribution in [0.5, 0.6) is 5.75 Å². The van der Waals surface area contributed by atoms with Crippen LogP contribution in [-0.4, -0.2) is 28.1 Å². The lowest BCUT2D eigenvalue weighted by Crippen LogP contribution is -2.32. The van der Waals surface area contributed by atoms with Crippen molar-refractivity contribution in [3.63, 3.8) is 0 Å². The number of nitrogens with zero attached hydrogens (tertiary/aromatic N) is 3. The molecule has 0 saturated carbocycles. The largest absolute Gasteiger partial charge is 0.872 e. The van der Waals surface area contributed by atoms with Gasteiger partial charge in [0.15, 0.2) is 0 Å². The van der Waals surface area contributed by atoms with Gasteiger partial charge in [0.05, 0.1) is 29.7 Å². The van der Waals surface area contributed by atoms with Gasteiger partial charge in [-0.05, 0) is 35.5 Å². The van der Waals surface area contributed by atoms with Crippen LogP contribution in [0.3, 0.4) is 0 Å². The van der Waals surface area contributed by atoms with Crippen LogP contribution in [0.15, 0.2) is 58.8 Å². The molecule has 1 heterocycles. The third-order valence-corrected chi connectivity index (χ3v) is 4.84. The lowest BCUT2D eigenvalue weighted by molar-refractivity contribution is -0.698. The number of halogens is 1. The molecule has 0 aliphatic heterocycles.